The van der Waals surface area contributed by atoms with E-state index in [-0.39, 0.29) is 24.0 Å². The molecule has 24 heavy (non-hydrogen) atoms. The molecule has 0 spiro atoms. The van der Waals surface area contributed by atoms with Gasteiger partial charge in [0.15, 0.2) is 0 Å². The first-order chi connectivity index (χ1) is 11.1. The van der Waals surface area contributed by atoms with Crippen LogP contribution < -0.4 is 24.0 Å². The quantitative estimate of drug-likeness (QED) is 0.389. The minimum atomic E-state index is 0. The fourth-order valence-corrected chi connectivity index (χ4v) is 4.12. The maximum atomic E-state index is 2.74. The third kappa shape index (κ3) is 4.41. The van der Waals surface area contributed by atoms with E-state index in [4.69, 9.17) is 0 Å². The number of halogens is 1. The molecule has 1 saturated heterocycles. The molecule has 0 bridgehead atoms. The lowest BCUT2D eigenvalue weighted by Crippen LogP contribution is -3.00. The zero-order valence-corrected chi connectivity index (χ0v) is 17.7. The van der Waals surface area contributed by atoms with Crippen molar-refractivity contribution in [1.82, 2.24) is 4.90 Å². The molecule has 1 aliphatic heterocycles. The lowest BCUT2D eigenvalue weighted by Gasteiger charge is -2.47. The molecule has 134 valence electrons. The highest BCUT2D eigenvalue weighted by Gasteiger charge is 2.35. The molecule has 1 aromatic rings. The van der Waals surface area contributed by atoms with Gasteiger partial charge in [0, 0.05) is 13.1 Å². The highest BCUT2D eigenvalue weighted by Crippen LogP contribution is 2.35. The number of benzene rings is 1. The minimum absolute atomic E-state index is 0. The number of hydrogen-bond donors (Lipinski definition) is 0. The van der Waals surface area contributed by atoms with Gasteiger partial charge in [0.05, 0.1) is 32.2 Å². The molecule has 0 amide bonds. The normalized spacial score (nSPS) is 22.6. The molecule has 1 atom stereocenters. The van der Waals surface area contributed by atoms with Crippen LogP contribution in [0.15, 0.2) is 42.0 Å². The first-order valence-electron chi connectivity index (χ1n) is 9.42. The van der Waals surface area contributed by atoms with Gasteiger partial charge in [0.25, 0.3) is 0 Å². The van der Waals surface area contributed by atoms with Crippen LogP contribution in [0.25, 0.3) is 0 Å². The van der Waals surface area contributed by atoms with Crippen molar-refractivity contribution >= 4 is 0 Å². The van der Waals surface area contributed by atoms with Crippen LogP contribution in [0, 0.1) is 0 Å². The lowest BCUT2D eigenvalue weighted by molar-refractivity contribution is -0.933. The van der Waals surface area contributed by atoms with Crippen LogP contribution in [-0.4, -0.2) is 48.7 Å². The largest absolute Gasteiger partial charge is 1.00 e. The summed E-state index contributed by atoms with van der Waals surface area (Å²) >= 11 is 0. The maximum absolute atomic E-state index is 2.74. The number of likely N-dealkylation sites (N-methyl/N-ethyl adjacent to an activating group) is 1. The Morgan fingerprint density at radius 1 is 1.00 bits per heavy atom. The van der Waals surface area contributed by atoms with Crippen LogP contribution in [0.4, 0.5) is 0 Å². The highest BCUT2D eigenvalue weighted by atomic mass is 127. The summed E-state index contributed by atoms with van der Waals surface area (Å²) < 4.78 is 1.22. The van der Waals surface area contributed by atoms with Crippen molar-refractivity contribution in [2.45, 2.75) is 51.6 Å². The number of hydrogen-bond acceptors (Lipinski definition) is 1. The Morgan fingerprint density at radius 2 is 1.67 bits per heavy atom. The average molecular weight is 440 g/mol. The summed E-state index contributed by atoms with van der Waals surface area (Å²) in [5.41, 5.74) is 3.16. The second kappa shape index (κ2) is 8.81. The zero-order chi connectivity index (χ0) is 16.3. The number of piperazine rings is 1. The maximum Gasteiger partial charge on any atom is 0.0916 e. The van der Waals surface area contributed by atoms with E-state index in [1.165, 1.54) is 61.9 Å². The fraction of sp³-hybridized carbons (Fsp3) is 0.619. The molecule has 0 aromatic heterocycles. The molecule has 0 N–H and O–H groups in total. The van der Waals surface area contributed by atoms with E-state index in [0.29, 0.717) is 6.04 Å². The average Bonchev–Trinajstić information content (AvgIpc) is 2.59. The molecule has 1 heterocycles. The summed E-state index contributed by atoms with van der Waals surface area (Å²) in [6.45, 7) is 9.71. The smallest absolute Gasteiger partial charge is 0.0916 e. The third-order valence-corrected chi connectivity index (χ3v) is 6.20. The highest BCUT2D eigenvalue weighted by molar-refractivity contribution is 5.29. The monoisotopic (exact) mass is 440 g/mol. The summed E-state index contributed by atoms with van der Waals surface area (Å²) in [5, 5.41) is 0. The molecule has 0 saturated carbocycles. The van der Waals surface area contributed by atoms with E-state index >= 15 is 0 Å². The number of nitrogens with zero attached hydrogens (tertiary/aromatic N) is 2. The van der Waals surface area contributed by atoms with Crippen molar-refractivity contribution in [2.75, 3.05) is 33.2 Å². The first-order valence-corrected chi connectivity index (χ1v) is 9.42. The van der Waals surface area contributed by atoms with Crippen molar-refractivity contribution in [3.8, 4) is 0 Å². The predicted octanol–water partition coefficient (Wildman–Crippen LogP) is 1.40. The summed E-state index contributed by atoms with van der Waals surface area (Å²) in [7, 11) is 2.43. The SMILES string of the molecule is CC(C)[N+]1(C)CCN(C(C2=CCCCC2)c2ccccc2)CC1.[I-]. The molecular weight excluding hydrogens is 407 g/mol. The molecule has 2 nitrogen and oxygen atoms in total. The second-order valence-corrected chi connectivity index (χ2v) is 7.89. The van der Waals surface area contributed by atoms with Gasteiger partial charge < -0.3 is 28.5 Å². The van der Waals surface area contributed by atoms with E-state index in [9.17, 15) is 0 Å². The van der Waals surface area contributed by atoms with Crippen molar-refractivity contribution in [2.24, 2.45) is 0 Å². The molecule has 3 heteroatoms. The Bertz CT molecular complexity index is 530. The topological polar surface area (TPSA) is 3.24 Å². The van der Waals surface area contributed by atoms with Gasteiger partial charge in [-0.3, -0.25) is 4.90 Å². The number of allylic oxidation sites excluding steroid dienone is 1. The van der Waals surface area contributed by atoms with Crippen LogP contribution in [0.3, 0.4) is 0 Å². The Morgan fingerprint density at radius 3 is 2.21 bits per heavy atom. The lowest BCUT2D eigenvalue weighted by atomic mass is 9.88. The summed E-state index contributed by atoms with van der Waals surface area (Å²) in [6.07, 6.45) is 7.82. The van der Waals surface area contributed by atoms with Crippen molar-refractivity contribution in [3.63, 3.8) is 0 Å². The molecule has 1 unspecified atom stereocenters. The van der Waals surface area contributed by atoms with Gasteiger partial charge in [-0.05, 0) is 45.1 Å². The summed E-state index contributed by atoms with van der Waals surface area (Å²) in [4.78, 5) is 2.74. The summed E-state index contributed by atoms with van der Waals surface area (Å²) in [6, 6.07) is 12.4. The molecule has 0 radical (unpaired) electrons. The van der Waals surface area contributed by atoms with Crippen LogP contribution in [0.1, 0.15) is 51.1 Å². The van der Waals surface area contributed by atoms with E-state index in [2.05, 4.69) is 62.2 Å². The van der Waals surface area contributed by atoms with Crippen molar-refractivity contribution in [1.29, 1.82) is 0 Å². The summed E-state index contributed by atoms with van der Waals surface area (Å²) in [5.74, 6) is 0. The van der Waals surface area contributed by atoms with Crippen LogP contribution in [0.2, 0.25) is 0 Å². The van der Waals surface area contributed by atoms with Crippen LogP contribution >= 0.6 is 0 Å². The van der Waals surface area contributed by atoms with Gasteiger partial charge in [0.1, 0.15) is 0 Å². The fourth-order valence-electron chi connectivity index (χ4n) is 4.12. The van der Waals surface area contributed by atoms with E-state index in [0.717, 1.165) is 6.04 Å². The zero-order valence-electron chi connectivity index (χ0n) is 15.5. The van der Waals surface area contributed by atoms with E-state index < -0.39 is 0 Å². The molecule has 1 fully saturated rings. The number of rotatable bonds is 4. The molecule has 3 rings (SSSR count). The third-order valence-electron chi connectivity index (χ3n) is 6.20. The van der Waals surface area contributed by atoms with Crippen molar-refractivity contribution in [3.05, 3.63) is 47.5 Å². The van der Waals surface area contributed by atoms with E-state index in [1.807, 2.05) is 0 Å². The number of quaternary nitrogens is 1. The van der Waals surface area contributed by atoms with Crippen LogP contribution in [-0.2, 0) is 0 Å². The molecule has 2 aliphatic rings. The predicted molar refractivity (Wildman–Crippen MR) is 98.4 cm³/mol. The standard InChI is InChI=1S/C21H33N2.HI/c1-18(2)23(3)16-14-22(15-17-23)21(19-10-6-4-7-11-19)20-12-8-5-9-13-20;/h4,6-7,10-12,18,21H,5,8-9,13-17H2,1-3H3;1H/q+1;/p-1. The van der Waals surface area contributed by atoms with E-state index in [1.54, 1.807) is 5.57 Å². The Labute approximate surface area is 165 Å². The van der Waals surface area contributed by atoms with Gasteiger partial charge in [-0.1, -0.05) is 42.0 Å². The van der Waals surface area contributed by atoms with Gasteiger partial charge in [-0.15, -0.1) is 0 Å². The van der Waals surface area contributed by atoms with Gasteiger partial charge >= 0.3 is 0 Å². The Hall–Kier alpha value is -0.390. The molecule has 1 aliphatic carbocycles. The van der Waals surface area contributed by atoms with Gasteiger partial charge in [-0.2, -0.15) is 0 Å². The molecule has 1 aromatic carbocycles. The Kier molecular flexibility index (Phi) is 7.32. The second-order valence-electron chi connectivity index (χ2n) is 7.89. The van der Waals surface area contributed by atoms with Crippen LogP contribution in [0.5, 0.6) is 0 Å². The molecular formula is C21H33IN2. The van der Waals surface area contributed by atoms with Gasteiger partial charge in [-0.25, -0.2) is 0 Å². The Balaban J connectivity index is 0.00000208. The first kappa shape index (κ1) is 19.9. The minimum Gasteiger partial charge on any atom is -1.00 e. The van der Waals surface area contributed by atoms with Crippen molar-refractivity contribution < 1.29 is 28.5 Å². The van der Waals surface area contributed by atoms with Gasteiger partial charge in [0.2, 0.25) is 0 Å².